The number of alkyl halides is 3. The Morgan fingerprint density at radius 1 is 1.17 bits per heavy atom. The summed E-state index contributed by atoms with van der Waals surface area (Å²) in [5.74, 6) is -1.40. The molecule has 1 aromatic carbocycles. The molecule has 11 heteroatoms. The molecule has 1 amide bonds. The van der Waals surface area contributed by atoms with Crippen molar-refractivity contribution in [2.75, 3.05) is 0 Å². The van der Waals surface area contributed by atoms with E-state index in [-0.39, 0.29) is 29.4 Å². The van der Waals surface area contributed by atoms with Crippen molar-refractivity contribution in [3.05, 3.63) is 98.3 Å². The standard InChI is InChI=1S/C24H22F3N3O4S/c1-14-10-17(21(34-14)24(25,26)27)12-30-15(2)20(22(28)32)35-23(30)29-9-8-18(11-19(29)31)33-13-16-6-4-3-5-7-16/h3-11,23H,12-13H2,1-2H3,(H2,28,32). The number of rotatable bonds is 7. The highest BCUT2D eigenvalue weighted by atomic mass is 32.2. The van der Waals surface area contributed by atoms with Crippen LogP contribution in [-0.2, 0) is 24.1 Å². The lowest BCUT2D eigenvalue weighted by Crippen LogP contribution is -2.32. The number of aryl methyl sites for hydroxylation is 1. The minimum atomic E-state index is -4.69. The normalized spacial score (nSPS) is 16.1. The van der Waals surface area contributed by atoms with Crippen molar-refractivity contribution >= 4 is 17.7 Å². The summed E-state index contributed by atoms with van der Waals surface area (Å²) in [7, 11) is 0. The van der Waals surface area contributed by atoms with Gasteiger partial charge in [0.2, 0.25) is 5.76 Å². The lowest BCUT2D eigenvalue weighted by atomic mass is 10.2. The number of hydrogen-bond acceptors (Lipinski definition) is 6. The lowest BCUT2D eigenvalue weighted by molar-refractivity contribution is -0.154. The van der Waals surface area contributed by atoms with Gasteiger partial charge in [-0.15, -0.1) is 0 Å². The molecule has 4 rings (SSSR count). The predicted octanol–water partition coefficient (Wildman–Crippen LogP) is 4.77. The van der Waals surface area contributed by atoms with Crippen LogP contribution in [0.15, 0.2) is 74.5 Å². The summed E-state index contributed by atoms with van der Waals surface area (Å²) in [6.07, 6.45) is -3.21. The smallest absolute Gasteiger partial charge is 0.449 e. The van der Waals surface area contributed by atoms with Crippen molar-refractivity contribution in [3.8, 4) is 5.75 Å². The number of amides is 1. The van der Waals surface area contributed by atoms with Crippen molar-refractivity contribution in [3.63, 3.8) is 0 Å². The monoisotopic (exact) mass is 505 g/mol. The molecule has 0 bridgehead atoms. The van der Waals surface area contributed by atoms with Crippen LogP contribution in [-0.4, -0.2) is 15.4 Å². The van der Waals surface area contributed by atoms with Gasteiger partial charge in [-0.3, -0.25) is 14.2 Å². The number of pyridine rings is 1. The van der Waals surface area contributed by atoms with Gasteiger partial charge < -0.3 is 19.8 Å². The summed E-state index contributed by atoms with van der Waals surface area (Å²) in [6, 6.07) is 13.6. The number of halogens is 3. The Labute approximate surface area is 203 Å². The third-order valence-electron chi connectivity index (χ3n) is 5.41. The molecule has 0 spiro atoms. The highest BCUT2D eigenvalue weighted by Crippen LogP contribution is 2.46. The molecule has 2 aromatic heterocycles. The summed E-state index contributed by atoms with van der Waals surface area (Å²) in [4.78, 5) is 26.6. The van der Waals surface area contributed by atoms with Crippen LogP contribution in [0.2, 0.25) is 0 Å². The average molecular weight is 506 g/mol. The van der Waals surface area contributed by atoms with E-state index in [2.05, 4.69) is 0 Å². The van der Waals surface area contributed by atoms with E-state index in [1.807, 2.05) is 30.3 Å². The molecule has 1 unspecified atom stereocenters. The van der Waals surface area contributed by atoms with E-state index < -0.39 is 28.9 Å². The summed E-state index contributed by atoms with van der Waals surface area (Å²) in [5, 5.41) is 0. The van der Waals surface area contributed by atoms with Gasteiger partial charge in [0.15, 0.2) is 5.50 Å². The minimum absolute atomic E-state index is 0.101. The van der Waals surface area contributed by atoms with Crippen LogP contribution < -0.4 is 16.0 Å². The first-order chi connectivity index (χ1) is 16.5. The molecule has 0 saturated carbocycles. The number of aromatic nitrogens is 1. The van der Waals surface area contributed by atoms with Crippen LogP contribution >= 0.6 is 11.8 Å². The second-order valence-corrected chi connectivity index (χ2v) is 9.01. The van der Waals surface area contributed by atoms with Gasteiger partial charge in [-0.25, -0.2) is 0 Å². The molecule has 0 saturated heterocycles. The Kier molecular flexibility index (Phi) is 6.70. The third kappa shape index (κ3) is 5.24. The summed E-state index contributed by atoms with van der Waals surface area (Å²) in [6.45, 7) is 3.02. The Balaban J connectivity index is 1.63. The van der Waals surface area contributed by atoms with Gasteiger partial charge in [0, 0.05) is 30.1 Å². The van der Waals surface area contributed by atoms with E-state index >= 15 is 0 Å². The minimum Gasteiger partial charge on any atom is -0.489 e. The quantitative estimate of drug-likeness (QED) is 0.498. The molecule has 0 fully saturated rings. The zero-order chi connectivity index (χ0) is 25.3. The van der Waals surface area contributed by atoms with E-state index in [4.69, 9.17) is 14.9 Å². The second kappa shape index (κ2) is 9.57. The Morgan fingerprint density at radius 2 is 1.89 bits per heavy atom. The van der Waals surface area contributed by atoms with E-state index in [1.165, 1.54) is 34.7 Å². The molecule has 0 aliphatic carbocycles. The van der Waals surface area contributed by atoms with Crippen LogP contribution in [0.4, 0.5) is 13.2 Å². The maximum Gasteiger partial charge on any atom is 0.449 e. The van der Waals surface area contributed by atoms with E-state index in [0.717, 1.165) is 17.3 Å². The van der Waals surface area contributed by atoms with Crippen LogP contribution in [0.5, 0.6) is 5.75 Å². The number of carbonyl (C=O) groups excluding carboxylic acids is 1. The number of nitrogens with zero attached hydrogens (tertiary/aromatic N) is 2. The number of ether oxygens (including phenoxy) is 1. The number of benzene rings is 1. The molecule has 35 heavy (non-hydrogen) atoms. The molecule has 1 aliphatic rings. The van der Waals surface area contributed by atoms with Crippen LogP contribution in [0.1, 0.15) is 35.1 Å². The maximum atomic E-state index is 13.5. The van der Waals surface area contributed by atoms with Gasteiger partial charge >= 0.3 is 6.18 Å². The molecule has 1 aliphatic heterocycles. The number of nitrogens with two attached hydrogens (primary N) is 1. The molecule has 1 atom stereocenters. The predicted molar refractivity (Wildman–Crippen MR) is 124 cm³/mol. The Hall–Kier alpha value is -3.60. The summed E-state index contributed by atoms with van der Waals surface area (Å²) in [5.41, 5.74) is 5.41. The van der Waals surface area contributed by atoms with E-state index in [9.17, 15) is 22.8 Å². The number of thioether (sulfide) groups is 1. The molecular formula is C24H22F3N3O4S. The van der Waals surface area contributed by atoms with Gasteiger partial charge in [0.05, 0.1) is 4.91 Å². The third-order valence-corrected chi connectivity index (χ3v) is 6.83. The SMILES string of the molecule is CC1=C(C(N)=O)SC(n2ccc(OCc3ccccc3)cc2=O)N1Cc1cc(C)oc1C(F)(F)F. The van der Waals surface area contributed by atoms with Crippen LogP contribution in [0, 0.1) is 6.92 Å². The molecule has 0 radical (unpaired) electrons. The zero-order valence-corrected chi connectivity index (χ0v) is 19.7. The van der Waals surface area contributed by atoms with Gasteiger partial charge in [0.25, 0.3) is 11.5 Å². The second-order valence-electron chi connectivity index (χ2n) is 7.94. The van der Waals surface area contributed by atoms with E-state index in [1.54, 1.807) is 13.0 Å². The zero-order valence-electron chi connectivity index (χ0n) is 18.8. The van der Waals surface area contributed by atoms with Gasteiger partial charge in [-0.1, -0.05) is 42.1 Å². The molecule has 7 nitrogen and oxygen atoms in total. The average Bonchev–Trinajstić information content (AvgIpc) is 3.33. The number of furan rings is 1. The molecule has 2 N–H and O–H groups in total. The first-order valence-electron chi connectivity index (χ1n) is 10.5. The van der Waals surface area contributed by atoms with Gasteiger partial charge in [-0.05, 0) is 31.5 Å². The first-order valence-corrected chi connectivity index (χ1v) is 11.4. The topological polar surface area (TPSA) is 90.7 Å². The summed E-state index contributed by atoms with van der Waals surface area (Å²) >= 11 is 0.999. The van der Waals surface area contributed by atoms with Crippen LogP contribution in [0.25, 0.3) is 0 Å². The highest BCUT2D eigenvalue weighted by molar-refractivity contribution is 8.04. The number of carbonyl (C=O) groups is 1. The number of primary amides is 1. The number of hydrogen-bond donors (Lipinski definition) is 1. The van der Waals surface area contributed by atoms with Crippen molar-refractivity contribution < 1.29 is 27.1 Å². The Morgan fingerprint density at radius 3 is 2.51 bits per heavy atom. The molecule has 3 heterocycles. The molecule has 3 aromatic rings. The maximum absolute atomic E-state index is 13.5. The highest BCUT2D eigenvalue weighted by Gasteiger charge is 2.41. The van der Waals surface area contributed by atoms with Crippen molar-refractivity contribution in [2.45, 2.75) is 38.7 Å². The fourth-order valence-corrected chi connectivity index (χ4v) is 5.05. The Bertz CT molecular complexity index is 1330. The fourth-order valence-electron chi connectivity index (χ4n) is 3.78. The van der Waals surface area contributed by atoms with Crippen molar-refractivity contribution in [2.24, 2.45) is 5.73 Å². The van der Waals surface area contributed by atoms with E-state index in [0.29, 0.717) is 11.4 Å². The largest absolute Gasteiger partial charge is 0.489 e. The van der Waals surface area contributed by atoms with Gasteiger partial charge in [0.1, 0.15) is 18.1 Å². The van der Waals surface area contributed by atoms with Crippen molar-refractivity contribution in [1.29, 1.82) is 0 Å². The molecule has 184 valence electrons. The summed E-state index contributed by atoms with van der Waals surface area (Å²) < 4.78 is 52.4. The van der Waals surface area contributed by atoms with Crippen molar-refractivity contribution in [1.82, 2.24) is 9.47 Å². The van der Waals surface area contributed by atoms with Crippen LogP contribution in [0.3, 0.4) is 0 Å². The molecular weight excluding hydrogens is 483 g/mol. The number of allylic oxidation sites excluding steroid dienone is 1. The fraction of sp³-hybridized carbons (Fsp3) is 0.250. The lowest BCUT2D eigenvalue weighted by Gasteiger charge is -2.29. The first kappa shape index (κ1) is 24.5. The van der Waals surface area contributed by atoms with Gasteiger partial charge in [-0.2, -0.15) is 13.2 Å².